The SMILES string of the molecule is CC(C)(C)N1CC1c1ccc(Br)cc1. The van der Waals surface area contributed by atoms with Gasteiger partial charge < -0.3 is 0 Å². The average Bonchev–Trinajstić information content (AvgIpc) is 2.83. The Morgan fingerprint density at radius 1 is 1.21 bits per heavy atom. The average molecular weight is 254 g/mol. The molecule has 1 aromatic carbocycles. The van der Waals surface area contributed by atoms with Gasteiger partial charge in [-0.05, 0) is 38.5 Å². The lowest BCUT2D eigenvalue weighted by molar-refractivity contribution is 0.287. The van der Waals surface area contributed by atoms with E-state index in [4.69, 9.17) is 0 Å². The number of halogens is 1. The molecule has 0 aliphatic carbocycles. The first-order valence-electron chi connectivity index (χ1n) is 5.01. The highest BCUT2D eigenvalue weighted by Crippen LogP contribution is 2.41. The smallest absolute Gasteiger partial charge is 0.0481 e. The Bertz CT molecular complexity index is 323. The third-order valence-electron chi connectivity index (χ3n) is 2.73. The highest BCUT2D eigenvalue weighted by atomic mass is 79.9. The Kier molecular flexibility index (Phi) is 2.44. The van der Waals surface area contributed by atoms with Gasteiger partial charge in [-0.15, -0.1) is 0 Å². The lowest BCUT2D eigenvalue weighted by atomic mass is 10.1. The van der Waals surface area contributed by atoms with Gasteiger partial charge in [0.15, 0.2) is 0 Å². The van der Waals surface area contributed by atoms with Crippen molar-refractivity contribution < 1.29 is 0 Å². The minimum atomic E-state index is 0.303. The summed E-state index contributed by atoms with van der Waals surface area (Å²) >= 11 is 3.46. The van der Waals surface area contributed by atoms with E-state index in [1.165, 1.54) is 12.1 Å². The minimum absolute atomic E-state index is 0.303. The Morgan fingerprint density at radius 3 is 2.21 bits per heavy atom. The molecule has 2 unspecified atom stereocenters. The second-order valence-electron chi connectivity index (χ2n) is 4.89. The maximum Gasteiger partial charge on any atom is 0.0481 e. The molecule has 2 rings (SSSR count). The van der Waals surface area contributed by atoms with E-state index in [1.807, 2.05) is 0 Å². The molecule has 1 nitrogen and oxygen atoms in total. The van der Waals surface area contributed by atoms with Crippen molar-refractivity contribution in [3.05, 3.63) is 34.3 Å². The molecule has 2 atom stereocenters. The van der Waals surface area contributed by atoms with Crippen LogP contribution in [0.15, 0.2) is 28.7 Å². The highest BCUT2D eigenvalue weighted by molar-refractivity contribution is 9.10. The zero-order chi connectivity index (χ0) is 10.3. The summed E-state index contributed by atoms with van der Waals surface area (Å²) in [7, 11) is 0. The van der Waals surface area contributed by atoms with E-state index >= 15 is 0 Å². The van der Waals surface area contributed by atoms with Crippen molar-refractivity contribution in [1.29, 1.82) is 0 Å². The van der Waals surface area contributed by atoms with E-state index in [1.54, 1.807) is 0 Å². The van der Waals surface area contributed by atoms with Gasteiger partial charge in [0, 0.05) is 22.6 Å². The van der Waals surface area contributed by atoms with Gasteiger partial charge in [-0.1, -0.05) is 28.1 Å². The summed E-state index contributed by atoms with van der Waals surface area (Å²) in [4.78, 5) is 2.51. The molecule has 0 aromatic heterocycles. The molecule has 0 N–H and O–H groups in total. The summed E-state index contributed by atoms with van der Waals surface area (Å²) in [6, 6.07) is 9.30. The first kappa shape index (κ1) is 10.2. The van der Waals surface area contributed by atoms with Crippen molar-refractivity contribution in [3.8, 4) is 0 Å². The summed E-state index contributed by atoms with van der Waals surface area (Å²) in [5.41, 5.74) is 1.74. The number of nitrogens with zero attached hydrogens (tertiary/aromatic N) is 1. The van der Waals surface area contributed by atoms with Crippen molar-refractivity contribution in [1.82, 2.24) is 4.90 Å². The van der Waals surface area contributed by atoms with Crippen LogP contribution in [0.25, 0.3) is 0 Å². The van der Waals surface area contributed by atoms with E-state index < -0.39 is 0 Å². The molecule has 0 saturated carbocycles. The van der Waals surface area contributed by atoms with Crippen LogP contribution in [-0.4, -0.2) is 17.0 Å². The molecule has 2 heteroatoms. The van der Waals surface area contributed by atoms with Gasteiger partial charge in [0.25, 0.3) is 0 Å². The van der Waals surface area contributed by atoms with Crippen molar-refractivity contribution in [2.24, 2.45) is 0 Å². The van der Waals surface area contributed by atoms with Gasteiger partial charge in [0.2, 0.25) is 0 Å². The molecular formula is C12H16BrN. The van der Waals surface area contributed by atoms with Gasteiger partial charge in [0.1, 0.15) is 0 Å². The first-order valence-corrected chi connectivity index (χ1v) is 5.80. The van der Waals surface area contributed by atoms with Crippen molar-refractivity contribution in [2.75, 3.05) is 6.54 Å². The Balaban J connectivity index is 2.10. The van der Waals surface area contributed by atoms with Crippen molar-refractivity contribution in [3.63, 3.8) is 0 Å². The van der Waals surface area contributed by atoms with Crippen molar-refractivity contribution in [2.45, 2.75) is 32.4 Å². The largest absolute Gasteiger partial charge is 0.288 e. The van der Waals surface area contributed by atoms with Crippen LogP contribution in [0.1, 0.15) is 32.4 Å². The van der Waals surface area contributed by atoms with Gasteiger partial charge in [-0.25, -0.2) is 0 Å². The van der Waals surface area contributed by atoms with E-state index in [-0.39, 0.29) is 0 Å². The standard InChI is InChI=1S/C12H16BrN/c1-12(2,3)14-8-11(14)9-4-6-10(13)7-5-9/h4-7,11H,8H2,1-3H3. The fourth-order valence-electron chi connectivity index (χ4n) is 1.85. The molecule has 14 heavy (non-hydrogen) atoms. The Labute approximate surface area is 94.2 Å². The molecule has 1 aliphatic rings. The summed E-state index contributed by atoms with van der Waals surface area (Å²) in [5.74, 6) is 0. The third kappa shape index (κ3) is 2.01. The van der Waals surface area contributed by atoms with Gasteiger partial charge in [-0.3, -0.25) is 4.90 Å². The summed E-state index contributed by atoms with van der Waals surface area (Å²) in [6.45, 7) is 8.01. The van der Waals surface area contributed by atoms with Crippen LogP contribution in [0.5, 0.6) is 0 Å². The zero-order valence-electron chi connectivity index (χ0n) is 8.92. The lowest BCUT2D eigenvalue weighted by Crippen LogP contribution is -2.25. The minimum Gasteiger partial charge on any atom is -0.288 e. The van der Waals surface area contributed by atoms with E-state index in [2.05, 4.69) is 65.9 Å². The van der Waals surface area contributed by atoms with Crippen LogP contribution in [0.3, 0.4) is 0 Å². The molecule has 0 spiro atoms. The third-order valence-corrected chi connectivity index (χ3v) is 3.26. The lowest BCUT2D eigenvalue weighted by Gasteiger charge is -2.21. The van der Waals surface area contributed by atoms with E-state index in [0.717, 1.165) is 4.47 Å². The highest BCUT2D eigenvalue weighted by Gasteiger charge is 2.42. The van der Waals surface area contributed by atoms with Gasteiger partial charge >= 0.3 is 0 Å². The van der Waals surface area contributed by atoms with Crippen LogP contribution < -0.4 is 0 Å². The molecule has 1 fully saturated rings. The predicted octanol–water partition coefficient (Wildman–Crippen LogP) is 3.60. The quantitative estimate of drug-likeness (QED) is 0.692. The maximum absolute atomic E-state index is 3.46. The molecule has 0 amide bonds. The zero-order valence-corrected chi connectivity index (χ0v) is 10.5. The Morgan fingerprint density at radius 2 is 1.79 bits per heavy atom. The fourth-order valence-corrected chi connectivity index (χ4v) is 2.12. The van der Waals surface area contributed by atoms with Crippen molar-refractivity contribution >= 4 is 15.9 Å². The fraction of sp³-hybridized carbons (Fsp3) is 0.500. The van der Waals surface area contributed by atoms with Crippen LogP contribution in [0, 0.1) is 0 Å². The predicted molar refractivity (Wildman–Crippen MR) is 63.3 cm³/mol. The van der Waals surface area contributed by atoms with Gasteiger partial charge in [-0.2, -0.15) is 0 Å². The summed E-state index contributed by atoms with van der Waals surface area (Å²) < 4.78 is 1.16. The number of benzene rings is 1. The summed E-state index contributed by atoms with van der Waals surface area (Å²) in [5, 5.41) is 0. The number of rotatable bonds is 1. The molecular weight excluding hydrogens is 238 g/mol. The normalized spacial score (nSPS) is 26.3. The molecule has 76 valence electrons. The van der Waals surface area contributed by atoms with Crippen LogP contribution in [-0.2, 0) is 0 Å². The van der Waals surface area contributed by atoms with Crippen LogP contribution in [0.4, 0.5) is 0 Å². The maximum atomic E-state index is 3.46. The topological polar surface area (TPSA) is 3.01 Å². The second-order valence-corrected chi connectivity index (χ2v) is 5.81. The Hall–Kier alpha value is -0.340. The molecule has 1 aromatic rings. The molecule has 1 aliphatic heterocycles. The molecule has 0 bridgehead atoms. The van der Waals surface area contributed by atoms with Crippen LogP contribution in [0.2, 0.25) is 0 Å². The van der Waals surface area contributed by atoms with Gasteiger partial charge in [0.05, 0.1) is 0 Å². The van der Waals surface area contributed by atoms with E-state index in [0.29, 0.717) is 11.6 Å². The molecule has 1 heterocycles. The summed E-state index contributed by atoms with van der Waals surface area (Å²) in [6.07, 6.45) is 0. The monoisotopic (exact) mass is 253 g/mol. The second kappa shape index (κ2) is 3.35. The first-order chi connectivity index (χ1) is 6.48. The number of hydrogen-bond donors (Lipinski definition) is 0. The molecule has 1 saturated heterocycles. The number of hydrogen-bond acceptors (Lipinski definition) is 1. The molecule has 0 radical (unpaired) electrons. The van der Waals surface area contributed by atoms with Crippen LogP contribution >= 0.6 is 15.9 Å². The van der Waals surface area contributed by atoms with E-state index in [9.17, 15) is 0 Å².